The van der Waals surface area contributed by atoms with E-state index in [0.717, 1.165) is 0 Å². The van der Waals surface area contributed by atoms with Gasteiger partial charge in [-0.3, -0.25) is 19.8 Å². The average Bonchev–Trinajstić information content (AvgIpc) is 2.64. The molecular weight excluding hydrogens is 350 g/mol. The van der Waals surface area contributed by atoms with Gasteiger partial charge in [0.2, 0.25) is 5.91 Å². The first kappa shape index (κ1) is 17.4. The van der Waals surface area contributed by atoms with Gasteiger partial charge in [-0.2, -0.15) is 0 Å². The number of hydrogen-bond acceptors (Lipinski definition) is 8. The molecule has 2 aliphatic heterocycles. The summed E-state index contributed by atoms with van der Waals surface area (Å²) in [6.45, 7) is -0.0717. The van der Waals surface area contributed by atoms with E-state index in [4.69, 9.17) is 15.2 Å². The van der Waals surface area contributed by atoms with E-state index < -0.39 is 22.4 Å². The third kappa shape index (κ3) is 3.23. The van der Waals surface area contributed by atoms with Crippen molar-refractivity contribution in [2.75, 3.05) is 7.11 Å². The van der Waals surface area contributed by atoms with Gasteiger partial charge in [-0.15, -0.1) is 0 Å². The zero-order valence-corrected chi connectivity index (χ0v) is 14.0. The Morgan fingerprint density at radius 3 is 2.68 bits per heavy atom. The van der Waals surface area contributed by atoms with E-state index in [0.29, 0.717) is 5.56 Å². The molecule has 0 aromatic heterocycles. The van der Waals surface area contributed by atoms with Crippen LogP contribution in [0.25, 0.3) is 0 Å². The van der Waals surface area contributed by atoms with Crippen LogP contribution >= 0.6 is 11.8 Å². The van der Waals surface area contributed by atoms with Crippen molar-refractivity contribution in [2.45, 2.75) is 23.5 Å². The Balaban J connectivity index is 1.68. The van der Waals surface area contributed by atoms with Crippen LogP contribution in [0.2, 0.25) is 0 Å². The summed E-state index contributed by atoms with van der Waals surface area (Å²) in [6.07, 6.45) is 1.52. The van der Waals surface area contributed by atoms with Gasteiger partial charge in [-0.05, 0) is 23.8 Å². The van der Waals surface area contributed by atoms with E-state index in [9.17, 15) is 19.7 Å². The molecule has 132 valence electrons. The highest BCUT2D eigenvalue weighted by molar-refractivity contribution is 8.00. The highest BCUT2D eigenvalue weighted by Crippen LogP contribution is 2.40. The van der Waals surface area contributed by atoms with Gasteiger partial charge in [0.05, 0.1) is 4.92 Å². The number of carbonyl (C=O) groups excluding carboxylic acids is 2. The third-order valence-corrected chi connectivity index (χ3v) is 5.25. The molecule has 0 saturated carbocycles. The van der Waals surface area contributed by atoms with E-state index in [2.05, 4.69) is 0 Å². The van der Waals surface area contributed by atoms with E-state index in [1.807, 2.05) is 0 Å². The van der Waals surface area contributed by atoms with Gasteiger partial charge in [0.15, 0.2) is 0 Å². The minimum Gasteiger partial charge on any atom is -0.456 e. The van der Waals surface area contributed by atoms with Crippen molar-refractivity contribution < 1.29 is 24.0 Å². The summed E-state index contributed by atoms with van der Waals surface area (Å²) in [4.78, 5) is 35.7. The largest absolute Gasteiger partial charge is 0.456 e. The molecule has 2 heterocycles. The number of thioether (sulfide) groups is 1. The molecule has 0 spiro atoms. The molecule has 0 radical (unpaired) electrons. The molecule has 1 aromatic carbocycles. The third-order valence-electron chi connectivity index (χ3n) is 3.87. The number of amides is 1. The molecule has 1 saturated heterocycles. The Hall–Kier alpha value is -2.43. The number of nitro benzene ring substituents is 1. The van der Waals surface area contributed by atoms with E-state index in [1.54, 1.807) is 0 Å². The number of ether oxygens (including phenoxy) is 2. The van der Waals surface area contributed by atoms with Gasteiger partial charge in [0.25, 0.3) is 5.69 Å². The van der Waals surface area contributed by atoms with Gasteiger partial charge >= 0.3 is 5.97 Å². The van der Waals surface area contributed by atoms with Crippen molar-refractivity contribution in [1.82, 2.24) is 4.90 Å². The van der Waals surface area contributed by atoms with Crippen molar-refractivity contribution >= 4 is 29.3 Å². The molecule has 25 heavy (non-hydrogen) atoms. The lowest BCUT2D eigenvalue weighted by Gasteiger charge is -2.48. The van der Waals surface area contributed by atoms with Crippen LogP contribution in [0.15, 0.2) is 36.0 Å². The second-order valence-corrected chi connectivity index (χ2v) is 6.64. The monoisotopic (exact) mass is 365 g/mol. The lowest BCUT2D eigenvalue weighted by molar-refractivity contribution is -0.384. The summed E-state index contributed by atoms with van der Waals surface area (Å²) in [5.41, 5.74) is 6.00. The summed E-state index contributed by atoms with van der Waals surface area (Å²) in [5.74, 6) is -1.02. The lowest BCUT2D eigenvalue weighted by atomic mass is 10.1. The summed E-state index contributed by atoms with van der Waals surface area (Å²) >= 11 is 1.34. The number of β-lactam (4-membered cyclic amide) rings is 1. The van der Waals surface area contributed by atoms with Gasteiger partial charge < -0.3 is 15.2 Å². The highest BCUT2D eigenvalue weighted by Gasteiger charge is 2.52. The molecule has 1 amide bonds. The Bertz CT molecular complexity index is 750. The lowest BCUT2D eigenvalue weighted by Crippen LogP contribution is -2.68. The molecule has 10 heteroatoms. The van der Waals surface area contributed by atoms with Crippen LogP contribution in [-0.4, -0.2) is 45.7 Å². The second kappa shape index (κ2) is 6.82. The molecule has 0 aliphatic carbocycles. The number of esters is 1. The van der Waals surface area contributed by atoms with Crippen LogP contribution in [0.3, 0.4) is 0 Å². The molecule has 3 atom stereocenters. The zero-order chi connectivity index (χ0) is 18.1. The molecule has 0 bridgehead atoms. The fraction of sp³-hybridized carbons (Fsp3) is 0.333. The van der Waals surface area contributed by atoms with Gasteiger partial charge in [0.1, 0.15) is 29.2 Å². The molecule has 2 N–H and O–H groups in total. The predicted molar refractivity (Wildman–Crippen MR) is 88.0 cm³/mol. The topological polar surface area (TPSA) is 125 Å². The Labute approximate surface area is 146 Å². The Morgan fingerprint density at radius 1 is 1.40 bits per heavy atom. The number of fused-ring (bicyclic) bond motifs is 1. The number of nitro groups is 1. The van der Waals surface area contributed by atoms with Crippen LogP contribution in [0, 0.1) is 10.1 Å². The molecule has 2 unspecified atom stereocenters. The first-order valence-electron chi connectivity index (χ1n) is 7.31. The number of nitrogens with two attached hydrogens (primary N) is 1. The molecule has 3 rings (SSSR count). The van der Waals surface area contributed by atoms with Crippen molar-refractivity contribution in [1.29, 1.82) is 0 Å². The smallest absolute Gasteiger partial charge is 0.355 e. The average molecular weight is 365 g/mol. The number of nitrogens with zero attached hydrogens (tertiary/aromatic N) is 2. The van der Waals surface area contributed by atoms with Crippen LogP contribution in [0.1, 0.15) is 5.56 Å². The molecule has 9 nitrogen and oxygen atoms in total. The van der Waals surface area contributed by atoms with Gasteiger partial charge in [-0.25, -0.2) is 4.79 Å². The SMILES string of the molecule is COC1C=C(C(=O)OCc2ccc([N+](=O)[O-])cc2)N2C(=O)C(N)[C@@H]2S1. The fourth-order valence-electron chi connectivity index (χ4n) is 2.50. The first-order valence-corrected chi connectivity index (χ1v) is 8.26. The van der Waals surface area contributed by atoms with Crippen molar-refractivity contribution in [2.24, 2.45) is 5.73 Å². The predicted octanol–water partition coefficient (Wildman–Crippen LogP) is 0.737. The van der Waals surface area contributed by atoms with Crippen molar-refractivity contribution in [3.63, 3.8) is 0 Å². The van der Waals surface area contributed by atoms with Crippen LogP contribution in [0.4, 0.5) is 5.69 Å². The van der Waals surface area contributed by atoms with E-state index in [1.165, 1.54) is 54.1 Å². The number of carbonyl (C=O) groups is 2. The van der Waals surface area contributed by atoms with Crippen LogP contribution in [-0.2, 0) is 25.7 Å². The number of rotatable bonds is 5. The van der Waals surface area contributed by atoms with Crippen LogP contribution < -0.4 is 5.73 Å². The maximum Gasteiger partial charge on any atom is 0.355 e. The maximum absolute atomic E-state index is 12.4. The van der Waals surface area contributed by atoms with Gasteiger partial charge in [0, 0.05) is 19.2 Å². The molecule has 1 aromatic rings. The first-order chi connectivity index (χ1) is 11.9. The fourth-order valence-corrected chi connectivity index (χ4v) is 3.72. The van der Waals surface area contributed by atoms with Crippen molar-refractivity contribution in [3.8, 4) is 0 Å². The number of benzene rings is 1. The molecule has 2 aliphatic rings. The Kier molecular flexibility index (Phi) is 4.75. The summed E-state index contributed by atoms with van der Waals surface area (Å²) < 4.78 is 10.4. The van der Waals surface area contributed by atoms with E-state index in [-0.39, 0.29) is 29.3 Å². The number of non-ortho nitro benzene ring substituents is 1. The summed E-state index contributed by atoms with van der Waals surface area (Å²) in [5, 5.41) is 10.3. The summed E-state index contributed by atoms with van der Waals surface area (Å²) in [7, 11) is 1.50. The zero-order valence-electron chi connectivity index (χ0n) is 13.2. The standard InChI is InChI=1S/C15H15N3O6S/c1-23-11-6-10(17-13(19)12(16)14(17)25-11)15(20)24-7-8-2-4-9(5-3-8)18(21)22/h2-6,11-12,14H,7,16H2,1H3/t11?,12?,14-/m0/s1. The van der Waals surface area contributed by atoms with Crippen molar-refractivity contribution in [3.05, 3.63) is 51.7 Å². The molecular formula is C15H15N3O6S. The minimum absolute atomic E-state index is 0.0481. The minimum atomic E-state index is -0.675. The van der Waals surface area contributed by atoms with E-state index >= 15 is 0 Å². The normalized spacial score (nSPS) is 24.9. The Morgan fingerprint density at radius 2 is 2.08 bits per heavy atom. The second-order valence-electron chi connectivity index (χ2n) is 5.42. The number of methoxy groups -OCH3 is 1. The maximum atomic E-state index is 12.4. The summed E-state index contributed by atoms with van der Waals surface area (Å²) in [6, 6.07) is 4.99. The van der Waals surface area contributed by atoms with Crippen LogP contribution in [0.5, 0.6) is 0 Å². The highest BCUT2D eigenvalue weighted by atomic mass is 32.2. The molecule has 1 fully saturated rings. The van der Waals surface area contributed by atoms with Gasteiger partial charge in [-0.1, -0.05) is 11.8 Å². The number of hydrogen-bond donors (Lipinski definition) is 1. The quantitative estimate of drug-likeness (QED) is 0.350.